The monoisotopic (exact) mass is 314 g/mol. The summed E-state index contributed by atoms with van der Waals surface area (Å²) in [5.74, 6) is 1.77. The maximum absolute atomic E-state index is 5.56. The van der Waals surface area contributed by atoms with Gasteiger partial charge in [-0.3, -0.25) is 0 Å². The van der Waals surface area contributed by atoms with Gasteiger partial charge in [0.05, 0.1) is 0 Å². The summed E-state index contributed by atoms with van der Waals surface area (Å²) < 4.78 is 8.00. The van der Waals surface area contributed by atoms with E-state index in [1.807, 2.05) is 12.3 Å². The molecule has 5 heteroatoms. The van der Waals surface area contributed by atoms with Crippen molar-refractivity contribution in [1.29, 1.82) is 0 Å². The van der Waals surface area contributed by atoms with Crippen molar-refractivity contribution < 1.29 is 4.74 Å². The van der Waals surface area contributed by atoms with Gasteiger partial charge in [-0.2, -0.15) is 0 Å². The highest BCUT2D eigenvalue weighted by atomic mass is 16.5. The molecule has 2 aromatic heterocycles. The summed E-state index contributed by atoms with van der Waals surface area (Å²) in [6.45, 7) is 8.55. The van der Waals surface area contributed by atoms with E-state index in [0.29, 0.717) is 18.0 Å². The number of rotatable bonds is 3. The maximum Gasteiger partial charge on any atom is 0.160 e. The molecule has 0 amide bonds. The molecule has 5 nitrogen and oxygen atoms in total. The van der Waals surface area contributed by atoms with E-state index in [4.69, 9.17) is 9.72 Å². The Hall–Kier alpha value is -1.46. The standard InChI is InChI=1S/C18H26N4O/c1-13(2)21-9-5-14(12-21)17-20-16-4-3-8-19-18(16)22(17)15-6-10-23-11-7-15/h3-4,8,13-15H,5-7,9-12H2,1-2H3. The van der Waals surface area contributed by atoms with Crippen molar-refractivity contribution in [2.75, 3.05) is 26.3 Å². The van der Waals surface area contributed by atoms with Crippen molar-refractivity contribution in [3.8, 4) is 0 Å². The first-order chi connectivity index (χ1) is 11.2. The molecule has 0 aromatic carbocycles. The van der Waals surface area contributed by atoms with E-state index in [9.17, 15) is 0 Å². The number of hydrogen-bond donors (Lipinski definition) is 0. The molecule has 124 valence electrons. The summed E-state index contributed by atoms with van der Waals surface area (Å²) in [6.07, 6.45) is 5.22. The Morgan fingerprint density at radius 2 is 2.04 bits per heavy atom. The van der Waals surface area contributed by atoms with Gasteiger partial charge in [-0.1, -0.05) is 0 Å². The summed E-state index contributed by atoms with van der Waals surface area (Å²) in [6, 6.07) is 5.17. The quantitative estimate of drug-likeness (QED) is 0.873. The Labute approximate surface area is 137 Å². The van der Waals surface area contributed by atoms with E-state index in [-0.39, 0.29) is 0 Å². The lowest BCUT2D eigenvalue weighted by molar-refractivity contribution is 0.0694. The van der Waals surface area contributed by atoms with Crippen LogP contribution >= 0.6 is 0 Å². The molecular formula is C18H26N4O. The third-order valence-electron chi connectivity index (χ3n) is 5.35. The van der Waals surface area contributed by atoms with Gasteiger partial charge < -0.3 is 14.2 Å². The first-order valence-electron chi connectivity index (χ1n) is 8.88. The highest BCUT2D eigenvalue weighted by molar-refractivity contribution is 5.71. The van der Waals surface area contributed by atoms with Crippen LogP contribution in [-0.2, 0) is 4.74 Å². The molecule has 2 aliphatic heterocycles. The van der Waals surface area contributed by atoms with Crippen LogP contribution in [-0.4, -0.2) is 51.8 Å². The summed E-state index contributed by atoms with van der Waals surface area (Å²) in [4.78, 5) is 12.2. The van der Waals surface area contributed by atoms with Crippen LogP contribution in [0.2, 0.25) is 0 Å². The van der Waals surface area contributed by atoms with Crippen LogP contribution in [0, 0.1) is 0 Å². The van der Waals surface area contributed by atoms with Crippen molar-refractivity contribution in [2.45, 2.75) is 51.1 Å². The van der Waals surface area contributed by atoms with E-state index < -0.39 is 0 Å². The predicted molar refractivity (Wildman–Crippen MR) is 90.7 cm³/mol. The molecule has 1 atom stereocenters. The molecule has 0 spiro atoms. The van der Waals surface area contributed by atoms with Crippen molar-refractivity contribution >= 4 is 11.2 Å². The van der Waals surface area contributed by atoms with Crippen molar-refractivity contribution in [3.05, 3.63) is 24.2 Å². The third-order valence-corrected chi connectivity index (χ3v) is 5.35. The Balaban J connectivity index is 1.73. The van der Waals surface area contributed by atoms with Crippen LogP contribution in [0.1, 0.15) is 50.9 Å². The fourth-order valence-corrected chi connectivity index (χ4v) is 4.01. The number of fused-ring (bicyclic) bond motifs is 1. The van der Waals surface area contributed by atoms with E-state index in [1.165, 1.54) is 18.8 Å². The molecule has 0 bridgehead atoms. The summed E-state index contributed by atoms with van der Waals surface area (Å²) in [7, 11) is 0. The number of pyridine rings is 1. The van der Waals surface area contributed by atoms with E-state index in [2.05, 4.69) is 34.4 Å². The van der Waals surface area contributed by atoms with Gasteiger partial charge in [0.15, 0.2) is 5.65 Å². The maximum atomic E-state index is 5.56. The van der Waals surface area contributed by atoms with Crippen LogP contribution in [0.25, 0.3) is 11.2 Å². The molecule has 2 aliphatic rings. The molecule has 2 saturated heterocycles. The zero-order valence-electron chi connectivity index (χ0n) is 14.1. The number of imidazole rings is 1. The largest absolute Gasteiger partial charge is 0.381 e. The second kappa shape index (κ2) is 6.21. The summed E-state index contributed by atoms with van der Waals surface area (Å²) in [5, 5.41) is 0. The molecule has 0 radical (unpaired) electrons. The second-order valence-electron chi connectivity index (χ2n) is 7.10. The fourth-order valence-electron chi connectivity index (χ4n) is 4.01. The Morgan fingerprint density at radius 1 is 1.22 bits per heavy atom. The minimum absolute atomic E-state index is 0.478. The predicted octanol–water partition coefficient (Wildman–Crippen LogP) is 2.98. The van der Waals surface area contributed by atoms with Crippen LogP contribution in [0.3, 0.4) is 0 Å². The van der Waals surface area contributed by atoms with Crippen molar-refractivity contribution in [1.82, 2.24) is 19.4 Å². The lowest BCUT2D eigenvalue weighted by atomic mass is 10.1. The average Bonchev–Trinajstić information content (AvgIpc) is 3.20. The minimum Gasteiger partial charge on any atom is -0.381 e. The molecule has 2 aromatic rings. The molecular weight excluding hydrogens is 288 g/mol. The lowest BCUT2D eigenvalue weighted by Crippen LogP contribution is -2.28. The van der Waals surface area contributed by atoms with Gasteiger partial charge in [0.2, 0.25) is 0 Å². The lowest BCUT2D eigenvalue weighted by Gasteiger charge is -2.27. The first-order valence-corrected chi connectivity index (χ1v) is 8.88. The van der Waals surface area contributed by atoms with E-state index in [0.717, 1.165) is 43.8 Å². The first kappa shape index (κ1) is 15.1. The Bertz CT molecular complexity index is 675. The third kappa shape index (κ3) is 2.76. The summed E-state index contributed by atoms with van der Waals surface area (Å²) in [5.41, 5.74) is 2.09. The van der Waals surface area contributed by atoms with Gasteiger partial charge in [-0.05, 0) is 51.8 Å². The number of aromatic nitrogens is 3. The zero-order chi connectivity index (χ0) is 15.8. The normalized spacial score (nSPS) is 24.0. The zero-order valence-corrected chi connectivity index (χ0v) is 14.1. The van der Waals surface area contributed by atoms with Gasteiger partial charge in [0, 0.05) is 44.0 Å². The Morgan fingerprint density at radius 3 is 2.78 bits per heavy atom. The highest BCUT2D eigenvalue weighted by Crippen LogP contribution is 2.34. The van der Waals surface area contributed by atoms with Crippen molar-refractivity contribution in [2.24, 2.45) is 0 Å². The molecule has 1 unspecified atom stereocenters. The molecule has 0 saturated carbocycles. The number of likely N-dealkylation sites (tertiary alicyclic amines) is 1. The van der Waals surface area contributed by atoms with Crippen LogP contribution < -0.4 is 0 Å². The molecule has 4 heterocycles. The second-order valence-corrected chi connectivity index (χ2v) is 7.10. The van der Waals surface area contributed by atoms with Gasteiger partial charge >= 0.3 is 0 Å². The smallest absolute Gasteiger partial charge is 0.160 e. The number of nitrogens with zero attached hydrogens (tertiary/aromatic N) is 4. The molecule has 0 aliphatic carbocycles. The topological polar surface area (TPSA) is 43.2 Å². The van der Waals surface area contributed by atoms with Gasteiger partial charge in [-0.15, -0.1) is 0 Å². The minimum atomic E-state index is 0.478. The molecule has 23 heavy (non-hydrogen) atoms. The summed E-state index contributed by atoms with van der Waals surface area (Å²) >= 11 is 0. The molecule has 2 fully saturated rings. The van der Waals surface area contributed by atoms with Gasteiger partial charge in [-0.25, -0.2) is 9.97 Å². The van der Waals surface area contributed by atoms with Gasteiger partial charge in [0.25, 0.3) is 0 Å². The van der Waals surface area contributed by atoms with Crippen molar-refractivity contribution in [3.63, 3.8) is 0 Å². The van der Waals surface area contributed by atoms with E-state index in [1.54, 1.807) is 0 Å². The number of ether oxygens (including phenoxy) is 1. The fraction of sp³-hybridized carbons (Fsp3) is 0.667. The van der Waals surface area contributed by atoms with E-state index >= 15 is 0 Å². The molecule has 4 rings (SSSR count). The van der Waals surface area contributed by atoms with Gasteiger partial charge in [0.1, 0.15) is 11.3 Å². The number of hydrogen-bond acceptors (Lipinski definition) is 4. The van der Waals surface area contributed by atoms with Crippen LogP contribution in [0.15, 0.2) is 18.3 Å². The average molecular weight is 314 g/mol. The molecule has 0 N–H and O–H groups in total. The Kier molecular flexibility index (Phi) is 4.07. The SMILES string of the molecule is CC(C)N1CCC(c2nc3cccnc3n2C2CCOCC2)C1. The van der Waals surface area contributed by atoms with Crippen LogP contribution in [0.4, 0.5) is 0 Å². The highest BCUT2D eigenvalue weighted by Gasteiger charge is 2.32. The van der Waals surface area contributed by atoms with Crippen LogP contribution in [0.5, 0.6) is 0 Å².